The molecule has 5 heteroatoms. The highest BCUT2D eigenvalue weighted by molar-refractivity contribution is 5.56. The minimum Gasteiger partial charge on any atom is -0.508 e. The average Bonchev–Trinajstić information content (AvgIpc) is 2.82. The topological polar surface area (TPSA) is 68.4 Å². The number of phenolic OH excluding ortho intramolecular Hbond substituents is 1. The largest absolute Gasteiger partial charge is 0.508 e. The molecule has 5 nitrogen and oxygen atoms in total. The van der Waals surface area contributed by atoms with Crippen LogP contribution in [0.4, 0.5) is 0 Å². The summed E-state index contributed by atoms with van der Waals surface area (Å²) in [5, 5.41) is 13.6. The lowest BCUT2D eigenvalue weighted by Crippen LogP contribution is -2.37. The van der Waals surface area contributed by atoms with Crippen LogP contribution >= 0.6 is 0 Å². The van der Waals surface area contributed by atoms with Crippen LogP contribution in [0.5, 0.6) is 5.75 Å². The molecule has 0 atom stereocenters. The molecule has 1 aromatic heterocycles. The molecule has 0 bridgehead atoms. The van der Waals surface area contributed by atoms with Crippen molar-refractivity contribution >= 4 is 0 Å². The molecule has 1 heterocycles. The Morgan fingerprint density at radius 3 is 2.74 bits per heavy atom. The maximum Gasteiger partial charge on any atom is 0.258 e. The van der Waals surface area contributed by atoms with Crippen LogP contribution in [0, 0.1) is 6.92 Å². The molecule has 100 valence electrons. The third-order valence-electron chi connectivity index (χ3n) is 3.83. The molecular weight excluding hydrogens is 244 g/mol. The molecule has 1 aromatic carbocycles. The number of benzene rings is 1. The van der Waals surface area contributed by atoms with Crippen molar-refractivity contribution in [2.75, 3.05) is 7.11 Å². The van der Waals surface area contributed by atoms with Crippen LogP contribution in [0.25, 0.3) is 11.5 Å². The molecule has 1 aliphatic carbocycles. The summed E-state index contributed by atoms with van der Waals surface area (Å²) in [5.41, 5.74) is 1.22. The summed E-state index contributed by atoms with van der Waals surface area (Å²) in [7, 11) is 1.68. The Balaban J connectivity index is 1.94. The summed E-state index contributed by atoms with van der Waals surface area (Å²) in [4.78, 5) is 4.43. The highest BCUT2D eigenvalue weighted by atomic mass is 16.5. The number of aryl methyl sites for hydroxylation is 1. The van der Waals surface area contributed by atoms with E-state index in [1.54, 1.807) is 19.2 Å². The molecule has 0 aliphatic heterocycles. The van der Waals surface area contributed by atoms with Gasteiger partial charge in [0, 0.05) is 12.7 Å². The van der Waals surface area contributed by atoms with Gasteiger partial charge in [-0.1, -0.05) is 5.16 Å². The van der Waals surface area contributed by atoms with Crippen molar-refractivity contribution in [1.82, 2.24) is 10.1 Å². The van der Waals surface area contributed by atoms with E-state index in [4.69, 9.17) is 9.26 Å². The lowest BCUT2D eigenvalue weighted by molar-refractivity contribution is -0.0858. The first-order valence-corrected chi connectivity index (χ1v) is 6.34. The number of hydrogen-bond acceptors (Lipinski definition) is 5. The quantitative estimate of drug-likeness (QED) is 0.919. The molecule has 0 unspecified atom stereocenters. The number of rotatable bonds is 3. The van der Waals surface area contributed by atoms with Crippen LogP contribution in [0.15, 0.2) is 22.7 Å². The van der Waals surface area contributed by atoms with E-state index >= 15 is 0 Å². The first-order valence-electron chi connectivity index (χ1n) is 6.34. The first-order chi connectivity index (χ1) is 9.14. The number of aromatic nitrogens is 2. The van der Waals surface area contributed by atoms with Crippen LogP contribution in [0.3, 0.4) is 0 Å². The Labute approximate surface area is 111 Å². The number of ether oxygens (including phenoxy) is 1. The van der Waals surface area contributed by atoms with Gasteiger partial charge in [0.15, 0.2) is 0 Å². The zero-order valence-electron chi connectivity index (χ0n) is 11.0. The van der Waals surface area contributed by atoms with Crippen molar-refractivity contribution in [2.45, 2.75) is 31.8 Å². The Kier molecular flexibility index (Phi) is 2.78. The SMILES string of the molecule is COC1(c2noc(-c3ccc(O)c(C)c3)n2)CCC1. The van der Waals surface area contributed by atoms with E-state index in [2.05, 4.69) is 10.1 Å². The van der Waals surface area contributed by atoms with E-state index in [-0.39, 0.29) is 11.4 Å². The van der Waals surface area contributed by atoms with Gasteiger partial charge in [-0.15, -0.1) is 0 Å². The van der Waals surface area contributed by atoms with Crippen LogP contribution < -0.4 is 0 Å². The van der Waals surface area contributed by atoms with E-state index < -0.39 is 0 Å². The highest BCUT2D eigenvalue weighted by Gasteiger charge is 2.43. The van der Waals surface area contributed by atoms with Crippen molar-refractivity contribution < 1.29 is 14.4 Å². The van der Waals surface area contributed by atoms with E-state index in [0.717, 1.165) is 30.4 Å². The van der Waals surface area contributed by atoms with E-state index in [9.17, 15) is 5.11 Å². The Hall–Kier alpha value is -1.88. The van der Waals surface area contributed by atoms with Crippen molar-refractivity contribution in [3.05, 3.63) is 29.6 Å². The molecule has 1 N–H and O–H groups in total. The second-order valence-electron chi connectivity index (χ2n) is 4.98. The van der Waals surface area contributed by atoms with E-state index in [1.807, 2.05) is 13.0 Å². The summed E-state index contributed by atoms with van der Waals surface area (Å²) >= 11 is 0. The van der Waals surface area contributed by atoms with E-state index in [0.29, 0.717) is 11.7 Å². The summed E-state index contributed by atoms with van der Waals surface area (Å²) < 4.78 is 10.8. The van der Waals surface area contributed by atoms with Crippen LogP contribution in [-0.4, -0.2) is 22.4 Å². The van der Waals surface area contributed by atoms with Gasteiger partial charge in [0.1, 0.15) is 11.4 Å². The fourth-order valence-electron chi connectivity index (χ4n) is 2.33. The lowest BCUT2D eigenvalue weighted by atomic mass is 9.79. The van der Waals surface area contributed by atoms with Gasteiger partial charge in [0.05, 0.1) is 0 Å². The van der Waals surface area contributed by atoms with Crippen molar-refractivity contribution in [2.24, 2.45) is 0 Å². The second kappa shape index (κ2) is 4.35. The molecule has 0 spiro atoms. The summed E-state index contributed by atoms with van der Waals surface area (Å²) in [6.07, 6.45) is 2.98. The number of methoxy groups -OCH3 is 1. The van der Waals surface area contributed by atoms with Gasteiger partial charge in [-0.05, 0) is 49.9 Å². The molecule has 2 aromatic rings. The van der Waals surface area contributed by atoms with E-state index in [1.165, 1.54) is 0 Å². The molecule has 1 fully saturated rings. The Morgan fingerprint density at radius 2 is 2.16 bits per heavy atom. The number of nitrogens with zero attached hydrogens (tertiary/aromatic N) is 2. The van der Waals surface area contributed by atoms with Gasteiger partial charge in [0.2, 0.25) is 5.82 Å². The standard InChI is InChI=1S/C14H16N2O3/c1-9-8-10(4-5-11(9)17)12-15-13(16-19-12)14(18-2)6-3-7-14/h4-5,8,17H,3,6-7H2,1-2H3. The first kappa shape index (κ1) is 12.2. The lowest BCUT2D eigenvalue weighted by Gasteiger charge is -2.37. The molecule has 0 radical (unpaired) electrons. The Bertz CT molecular complexity index is 597. The molecule has 19 heavy (non-hydrogen) atoms. The smallest absolute Gasteiger partial charge is 0.258 e. The Morgan fingerprint density at radius 1 is 1.37 bits per heavy atom. The van der Waals surface area contributed by atoms with Gasteiger partial charge >= 0.3 is 0 Å². The fourth-order valence-corrected chi connectivity index (χ4v) is 2.33. The van der Waals surface area contributed by atoms with Gasteiger partial charge in [-0.2, -0.15) is 4.98 Å². The fraction of sp³-hybridized carbons (Fsp3) is 0.429. The molecule has 0 amide bonds. The molecule has 1 saturated carbocycles. The van der Waals surface area contributed by atoms with Crippen LogP contribution in [0.2, 0.25) is 0 Å². The number of hydrogen-bond donors (Lipinski definition) is 1. The minimum absolute atomic E-state index is 0.260. The maximum atomic E-state index is 9.52. The zero-order chi connectivity index (χ0) is 13.5. The predicted molar refractivity (Wildman–Crippen MR) is 68.7 cm³/mol. The zero-order valence-corrected chi connectivity index (χ0v) is 11.0. The predicted octanol–water partition coefficient (Wildman–Crippen LogP) is 2.78. The van der Waals surface area contributed by atoms with Crippen LogP contribution in [0.1, 0.15) is 30.7 Å². The van der Waals surface area contributed by atoms with Crippen molar-refractivity contribution in [3.8, 4) is 17.2 Å². The van der Waals surface area contributed by atoms with Crippen molar-refractivity contribution in [3.63, 3.8) is 0 Å². The molecular formula is C14H16N2O3. The normalized spacial score (nSPS) is 17.2. The van der Waals surface area contributed by atoms with Gasteiger partial charge in [-0.3, -0.25) is 0 Å². The molecule has 3 rings (SSSR count). The summed E-state index contributed by atoms with van der Waals surface area (Å²) in [5.74, 6) is 1.33. The third kappa shape index (κ3) is 1.90. The van der Waals surface area contributed by atoms with Gasteiger partial charge in [0.25, 0.3) is 5.89 Å². The monoisotopic (exact) mass is 260 g/mol. The molecule has 1 aliphatic rings. The highest BCUT2D eigenvalue weighted by Crippen LogP contribution is 2.43. The van der Waals surface area contributed by atoms with Gasteiger partial charge < -0.3 is 14.4 Å². The maximum absolute atomic E-state index is 9.52. The average molecular weight is 260 g/mol. The van der Waals surface area contributed by atoms with Crippen LogP contribution in [-0.2, 0) is 10.3 Å². The minimum atomic E-state index is -0.367. The van der Waals surface area contributed by atoms with Gasteiger partial charge in [-0.25, -0.2) is 0 Å². The number of aromatic hydroxyl groups is 1. The number of phenols is 1. The summed E-state index contributed by atoms with van der Waals surface area (Å²) in [6.45, 7) is 1.83. The van der Waals surface area contributed by atoms with Crippen molar-refractivity contribution in [1.29, 1.82) is 0 Å². The molecule has 0 saturated heterocycles. The third-order valence-corrected chi connectivity index (χ3v) is 3.83. The second-order valence-corrected chi connectivity index (χ2v) is 4.98. The summed E-state index contributed by atoms with van der Waals surface area (Å²) in [6, 6.07) is 5.22.